The summed E-state index contributed by atoms with van der Waals surface area (Å²) < 4.78 is 0. The molecule has 0 bridgehead atoms. The van der Waals surface area contributed by atoms with Gasteiger partial charge in [0.2, 0.25) is 5.91 Å². The van der Waals surface area contributed by atoms with Gasteiger partial charge >= 0.3 is 5.97 Å². The number of rotatable bonds is 5. The van der Waals surface area contributed by atoms with E-state index in [1.54, 1.807) is 23.6 Å². The van der Waals surface area contributed by atoms with E-state index in [1.807, 2.05) is 30.3 Å². The van der Waals surface area contributed by atoms with Crippen LogP contribution in [0.3, 0.4) is 0 Å². The predicted octanol–water partition coefficient (Wildman–Crippen LogP) is 3.47. The van der Waals surface area contributed by atoms with Crippen molar-refractivity contribution in [3.8, 4) is 6.07 Å². The number of nitrogens with zero attached hydrogens (tertiary/aromatic N) is 1. The lowest BCUT2D eigenvalue weighted by atomic mass is 10.1. The largest absolute Gasteiger partial charge is 0.478 e. The Morgan fingerprint density at radius 1 is 1.27 bits per heavy atom. The molecule has 1 aromatic heterocycles. The monoisotopic (exact) mass is 312 g/mol. The van der Waals surface area contributed by atoms with Gasteiger partial charge in [0.05, 0.1) is 6.07 Å². The summed E-state index contributed by atoms with van der Waals surface area (Å²) >= 11 is 1.12. The lowest BCUT2D eigenvalue weighted by Gasteiger charge is -2.02. The van der Waals surface area contributed by atoms with Gasteiger partial charge in [-0.1, -0.05) is 42.5 Å². The number of carboxylic acids is 1. The van der Waals surface area contributed by atoms with E-state index in [1.165, 1.54) is 0 Å². The Morgan fingerprint density at radius 3 is 2.64 bits per heavy atom. The molecule has 0 saturated heterocycles. The van der Waals surface area contributed by atoms with Crippen molar-refractivity contribution in [1.29, 1.82) is 5.26 Å². The van der Waals surface area contributed by atoms with Crippen LogP contribution in [0.25, 0.3) is 12.2 Å². The molecule has 6 heteroatoms. The number of nitriles is 1. The highest BCUT2D eigenvalue weighted by Crippen LogP contribution is 2.30. The highest BCUT2D eigenvalue weighted by Gasteiger charge is 2.18. The number of thiophene rings is 1. The van der Waals surface area contributed by atoms with Crippen LogP contribution in [0, 0.1) is 11.3 Å². The van der Waals surface area contributed by atoms with Crippen LogP contribution in [-0.2, 0) is 4.79 Å². The molecule has 2 aromatic rings. The lowest BCUT2D eigenvalue weighted by molar-refractivity contribution is -0.115. The Bertz CT molecular complexity index is 757. The number of benzene rings is 1. The zero-order valence-corrected chi connectivity index (χ0v) is 12.3. The van der Waals surface area contributed by atoms with E-state index in [4.69, 9.17) is 5.26 Å². The highest BCUT2D eigenvalue weighted by atomic mass is 32.1. The smallest absolute Gasteiger partial charge is 0.339 e. The molecule has 0 radical (unpaired) electrons. The van der Waals surface area contributed by atoms with E-state index in [9.17, 15) is 14.7 Å². The SMILES string of the molecule is N#CCC(=O)Nc1scc(/C=C/c2ccccc2)c1C(=O)O. The molecule has 22 heavy (non-hydrogen) atoms. The summed E-state index contributed by atoms with van der Waals surface area (Å²) in [6, 6.07) is 11.2. The van der Waals surface area contributed by atoms with Crippen LogP contribution < -0.4 is 5.32 Å². The maximum absolute atomic E-state index is 11.4. The number of hydrogen-bond donors (Lipinski definition) is 2. The zero-order valence-electron chi connectivity index (χ0n) is 11.4. The molecule has 1 aromatic carbocycles. The molecule has 1 heterocycles. The molecule has 0 aliphatic heterocycles. The van der Waals surface area contributed by atoms with E-state index in [2.05, 4.69) is 5.32 Å². The average Bonchev–Trinajstić information content (AvgIpc) is 2.89. The van der Waals surface area contributed by atoms with Crippen LogP contribution in [0.2, 0.25) is 0 Å². The minimum atomic E-state index is -1.12. The Labute approximate surface area is 131 Å². The third kappa shape index (κ3) is 3.81. The summed E-state index contributed by atoms with van der Waals surface area (Å²) in [5.74, 6) is -1.65. The number of carbonyl (C=O) groups is 2. The summed E-state index contributed by atoms with van der Waals surface area (Å²) in [4.78, 5) is 22.8. The minimum absolute atomic E-state index is 0.0310. The molecular weight excluding hydrogens is 300 g/mol. The Morgan fingerprint density at radius 2 is 2.00 bits per heavy atom. The fraction of sp³-hybridized carbons (Fsp3) is 0.0625. The Hall–Kier alpha value is -2.91. The van der Waals surface area contributed by atoms with Crippen molar-refractivity contribution in [2.75, 3.05) is 5.32 Å². The zero-order chi connectivity index (χ0) is 15.9. The molecular formula is C16H12N2O3S. The Balaban J connectivity index is 2.27. The van der Waals surface area contributed by atoms with E-state index >= 15 is 0 Å². The van der Waals surface area contributed by atoms with Crippen molar-refractivity contribution in [3.63, 3.8) is 0 Å². The third-order valence-corrected chi connectivity index (χ3v) is 3.69. The quantitative estimate of drug-likeness (QED) is 0.884. The number of amides is 1. The van der Waals surface area contributed by atoms with E-state index in [0.717, 1.165) is 16.9 Å². The van der Waals surface area contributed by atoms with Crippen LogP contribution in [0.15, 0.2) is 35.7 Å². The van der Waals surface area contributed by atoms with Crippen molar-refractivity contribution in [1.82, 2.24) is 0 Å². The van der Waals surface area contributed by atoms with Crippen LogP contribution in [0.5, 0.6) is 0 Å². The van der Waals surface area contributed by atoms with Crippen LogP contribution in [0.4, 0.5) is 5.00 Å². The van der Waals surface area contributed by atoms with Gasteiger partial charge in [0.25, 0.3) is 0 Å². The van der Waals surface area contributed by atoms with Crippen LogP contribution in [-0.4, -0.2) is 17.0 Å². The van der Waals surface area contributed by atoms with E-state index < -0.39 is 11.9 Å². The second-order valence-electron chi connectivity index (χ2n) is 4.33. The van der Waals surface area contributed by atoms with E-state index in [-0.39, 0.29) is 17.0 Å². The van der Waals surface area contributed by atoms with Gasteiger partial charge in [-0.3, -0.25) is 4.79 Å². The molecule has 0 aliphatic carbocycles. The first kappa shape index (κ1) is 15.5. The maximum atomic E-state index is 11.4. The van der Waals surface area contributed by atoms with Gasteiger partial charge in [0, 0.05) is 10.9 Å². The summed E-state index contributed by atoms with van der Waals surface area (Å²) in [5, 5.41) is 22.2. The van der Waals surface area contributed by atoms with E-state index in [0.29, 0.717) is 5.56 Å². The van der Waals surface area contributed by atoms with Crippen molar-refractivity contribution in [3.05, 3.63) is 52.4 Å². The second kappa shape index (κ2) is 7.20. The molecule has 0 aliphatic rings. The molecule has 110 valence electrons. The summed E-state index contributed by atoms with van der Waals surface area (Å²) in [6.45, 7) is 0. The van der Waals surface area contributed by atoms with Gasteiger partial charge in [-0.05, 0) is 5.56 Å². The van der Waals surface area contributed by atoms with Crippen molar-refractivity contribution in [2.45, 2.75) is 6.42 Å². The molecule has 2 rings (SSSR count). The van der Waals surface area contributed by atoms with Gasteiger partial charge in [-0.15, -0.1) is 11.3 Å². The van der Waals surface area contributed by atoms with Gasteiger partial charge < -0.3 is 10.4 Å². The van der Waals surface area contributed by atoms with Gasteiger partial charge in [0.15, 0.2) is 0 Å². The molecule has 1 amide bonds. The highest BCUT2D eigenvalue weighted by molar-refractivity contribution is 7.15. The third-order valence-electron chi connectivity index (χ3n) is 2.78. The molecule has 0 fully saturated rings. The van der Waals surface area contributed by atoms with Crippen molar-refractivity contribution in [2.24, 2.45) is 0 Å². The number of hydrogen-bond acceptors (Lipinski definition) is 4. The molecule has 5 nitrogen and oxygen atoms in total. The van der Waals surface area contributed by atoms with Crippen molar-refractivity contribution >= 4 is 40.4 Å². The number of carbonyl (C=O) groups excluding carboxylic acids is 1. The van der Waals surface area contributed by atoms with Crippen LogP contribution >= 0.6 is 11.3 Å². The number of nitrogens with one attached hydrogen (secondary N) is 1. The number of carboxylic acid groups (broad SMARTS) is 1. The fourth-order valence-corrected chi connectivity index (χ4v) is 2.74. The second-order valence-corrected chi connectivity index (χ2v) is 5.21. The lowest BCUT2D eigenvalue weighted by Crippen LogP contribution is -2.12. The molecule has 0 spiro atoms. The van der Waals surface area contributed by atoms with Gasteiger partial charge in [0.1, 0.15) is 17.0 Å². The first-order valence-electron chi connectivity index (χ1n) is 6.36. The van der Waals surface area contributed by atoms with Gasteiger partial charge in [-0.25, -0.2) is 4.79 Å². The standard InChI is InChI=1S/C16H12N2O3S/c17-9-8-13(19)18-15-14(16(20)21)12(10-22-15)7-6-11-4-2-1-3-5-11/h1-7,10H,8H2,(H,18,19)(H,20,21)/b7-6+. The fourth-order valence-electron chi connectivity index (χ4n) is 1.80. The van der Waals surface area contributed by atoms with Gasteiger partial charge in [-0.2, -0.15) is 5.26 Å². The first-order valence-corrected chi connectivity index (χ1v) is 7.24. The van der Waals surface area contributed by atoms with Crippen LogP contribution in [0.1, 0.15) is 27.9 Å². The minimum Gasteiger partial charge on any atom is -0.478 e. The summed E-state index contributed by atoms with van der Waals surface area (Å²) in [7, 11) is 0. The predicted molar refractivity (Wildman–Crippen MR) is 85.5 cm³/mol. The normalized spacial score (nSPS) is 10.3. The molecule has 0 unspecified atom stereocenters. The summed E-state index contributed by atoms with van der Waals surface area (Å²) in [6.07, 6.45) is 3.18. The maximum Gasteiger partial charge on any atom is 0.339 e. The summed E-state index contributed by atoms with van der Waals surface area (Å²) in [5.41, 5.74) is 1.48. The average molecular weight is 312 g/mol. The topological polar surface area (TPSA) is 90.2 Å². The number of aromatic carboxylic acids is 1. The van der Waals surface area contributed by atoms with Crippen molar-refractivity contribution < 1.29 is 14.7 Å². The Kier molecular flexibility index (Phi) is 5.07. The molecule has 2 N–H and O–H groups in total. The molecule has 0 atom stereocenters. The number of anilines is 1. The first-order chi connectivity index (χ1) is 10.6. The molecule has 0 saturated carbocycles.